The van der Waals surface area contributed by atoms with E-state index in [-0.39, 0.29) is 0 Å². The number of anilines is 1. The summed E-state index contributed by atoms with van der Waals surface area (Å²) in [6, 6.07) is 16.7. The predicted molar refractivity (Wildman–Crippen MR) is 91.5 cm³/mol. The highest BCUT2D eigenvalue weighted by Gasteiger charge is 2.20. The van der Waals surface area contributed by atoms with Gasteiger partial charge in [0.25, 0.3) is 0 Å². The first-order valence-corrected chi connectivity index (χ1v) is 7.55. The number of aliphatic imine (C=N–C) groups is 1. The Morgan fingerprint density at radius 1 is 1.04 bits per heavy atom. The topological polar surface area (TPSA) is 46.3 Å². The largest absolute Gasteiger partial charge is 0.378 e. The molecule has 1 aliphatic rings. The maximum Gasteiger partial charge on any atom is 0.159 e. The van der Waals surface area contributed by atoms with Crippen LogP contribution >= 0.6 is 0 Å². The van der Waals surface area contributed by atoms with Gasteiger partial charge in [0.2, 0.25) is 0 Å². The molecule has 23 heavy (non-hydrogen) atoms. The number of aromatic nitrogens is 3. The SMILES string of the molecule is CN(C)c1ccc2c(c1)C(c1ccccc1)=NCc1nncn1-2. The van der Waals surface area contributed by atoms with Crippen LogP contribution < -0.4 is 4.90 Å². The summed E-state index contributed by atoms with van der Waals surface area (Å²) in [5.74, 6) is 0.856. The zero-order valence-corrected chi connectivity index (χ0v) is 13.1. The third-order valence-corrected chi connectivity index (χ3v) is 4.06. The summed E-state index contributed by atoms with van der Waals surface area (Å²) >= 11 is 0. The fraction of sp³-hybridized carbons (Fsp3) is 0.167. The maximum atomic E-state index is 4.82. The van der Waals surface area contributed by atoms with Crippen molar-refractivity contribution in [3.05, 3.63) is 71.8 Å². The van der Waals surface area contributed by atoms with Gasteiger partial charge in [0.15, 0.2) is 5.82 Å². The van der Waals surface area contributed by atoms with Crippen molar-refractivity contribution in [2.45, 2.75) is 6.54 Å². The normalized spacial score (nSPS) is 12.9. The van der Waals surface area contributed by atoms with Gasteiger partial charge in [-0.25, -0.2) is 0 Å². The zero-order chi connectivity index (χ0) is 15.8. The molecule has 1 aromatic heterocycles. The molecule has 5 nitrogen and oxygen atoms in total. The van der Waals surface area contributed by atoms with Gasteiger partial charge in [0.1, 0.15) is 12.9 Å². The first-order valence-electron chi connectivity index (χ1n) is 7.55. The van der Waals surface area contributed by atoms with Crippen molar-refractivity contribution in [2.24, 2.45) is 4.99 Å². The van der Waals surface area contributed by atoms with Gasteiger partial charge in [-0.05, 0) is 18.2 Å². The molecule has 0 spiro atoms. The average molecular weight is 303 g/mol. The van der Waals surface area contributed by atoms with E-state index in [1.807, 2.05) is 36.9 Å². The van der Waals surface area contributed by atoms with Crippen molar-refractivity contribution in [3.8, 4) is 5.69 Å². The summed E-state index contributed by atoms with van der Waals surface area (Å²) in [6.45, 7) is 0.524. The van der Waals surface area contributed by atoms with E-state index in [0.29, 0.717) is 6.54 Å². The molecule has 114 valence electrons. The fourth-order valence-corrected chi connectivity index (χ4v) is 2.85. The lowest BCUT2D eigenvalue weighted by molar-refractivity contribution is 0.870. The summed E-state index contributed by atoms with van der Waals surface area (Å²) in [5.41, 5.74) is 5.42. The molecule has 1 aliphatic heterocycles. The van der Waals surface area contributed by atoms with Gasteiger partial charge in [0.05, 0.1) is 11.4 Å². The van der Waals surface area contributed by atoms with Crippen LogP contribution in [0, 0.1) is 0 Å². The average Bonchev–Trinajstić information content (AvgIpc) is 2.98. The van der Waals surface area contributed by atoms with Gasteiger partial charge in [-0.2, -0.15) is 0 Å². The van der Waals surface area contributed by atoms with Crippen LogP contribution in [0.1, 0.15) is 17.0 Å². The van der Waals surface area contributed by atoms with Crippen LogP contribution in [0.3, 0.4) is 0 Å². The Hall–Kier alpha value is -2.95. The molecule has 0 fully saturated rings. The molecule has 4 rings (SSSR count). The van der Waals surface area contributed by atoms with E-state index < -0.39 is 0 Å². The van der Waals surface area contributed by atoms with Crippen LogP contribution in [0.2, 0.25) is 0 Å². The second-order valence-electron chi connectivity index (χ2n) is 5.74. The molecule has 0 atom stereocenters. The van der Waals surface area contributed by atoms with Gasteiger partial charge < -0.3 is 4.90 Å². The van der Waals surface area contributed by atoms with Gasteiger partial charge in [-0.1, -0.05) is 30.3 Å². The quantitative estimate of drug-likeness (QED) is 0.731. The monoisotopic (exact) mass is 303 g/mol. The summed E-state index contributed by atoms with van der Waals surface area (Å²) < 4.78 is 2.02. The lowest BCUT2D eigenvalue weighted by Gasteiger charge is -2.17. The second kappa shape index (κ2) is 5.35. The fourth-order valence-electron chi connectivity index (χ4n) is 2.85. The van der Waals surface area contributed by atoms with E-state index in [2.05, 4.69) is 45.4 Å². The third kappa shape index (κ3) is 2.30. The van der Waals surface area contributed by atoms with Gasteiger partial charge >= 0.3 is 0 Å². The van der Waals surface area contributed by atoms with Gasteiger partial charge in [-0.15, -0.1) is 10.2 Å². The molecule has 0 aliphatic carbocycles. The van der Waals surface area contributed by atoms with E-state index in [4.69, 9.17) is 4.99 Å². The van der Waals surface area contributed by atoms with E-state index in [0.717, 1.165) is 34.0 Å². The lowest BCUT2D eigenvalue weighted by Crippen LogP contribution is -2.12. The minimum Gasteiger partial charge on any atom is -0.378 e. The molecule has 0 amide bonds. The van der Waals surface area contributed by atoms with Crippen LogP contribution in [0.5, 0.6) is 0 Å². The van der Waals surface area contributed by atoms with Gasteiger partial charge in [-0.3, -0.25) is 9.56 Å². The van der Waals surface area contributed by atoms with E-state index in [1.54, 1.807) is 6.33 Å². The van der Waals surface area contributed by atoms with Gasteiger partial charge in [0, 0.05) is 30.9 Å². The molecule has 0 saturated heterocycles. The van der Waals surface area contributed by atoms with Crippen molar-refractivity contribution >= 4 is 11.4 Å². The van der Waals surface area contributed by atoms with Crippen molar-refractivity contribution in [1.82, 2.24) is 14.8 Å². The first-order chi connectivity index (χ1) is 11.2. The predicted octanol–water partition coefficient (Wildman–Crippen LogP) is 2.68. The first kappa shape index (κ1) is 13.7. The summed E-state index contributed by atoms with van der Waals surface area (Å²) in [4.78, 5) is 6.92. The highest BCUT2D eigenvalue weighted by molar-refractivity contribution is 6.15. The molecule has 0 radical (unpaired) electrons. The standard InChI is InChI=1S/C18H17N5/c1-22(2)14-8-9-16-15(10-14)18(13-6-4-3-5-7-13)19-11-17-21-20-12-23(16)17/h3-10,12H,11H2,1-2H3. The molecular weight excluding hydrogens is 286 g/mol. The molecule has 2 aromatic carbocycles. The molecular formula is C18H17N5. The van der Waals surface area contributed by atoms with Crippen LogP contribution in [-0.2, 0) is 6.54 Å². The van der Waals surface area contributed by atoms with Crippen LogP contribution in [0.4, 0.5) is 5.69 Å². The third-order valence-electron chi connectivity index (χ3n) is 4.06. The number of rotatable bonds is 2. The van der Waals surface area contributed by atoms with Crippen molar-refractivity contribution in [1.29, 1.82) is 0 Å². The molecule has 5 heteroatoms. The Morgan fingerprint density at radius 3 is 2.65 bits per heavy atom. The summed E-state index contributed by atoms with van der Waals surface area (Å²) in [7, 11) is 4.09. The zero-order valence-electron chi connectivity index (χ0n) is 13.1. The number of hydrogen-bond acceptors (Lipinski definition) is 4. The highest BCUT2D eigenvalue weighted by Crippen LogP contribution is 2.27. The van der Waals surface area contributed by atoms with E-state index in [9.17, 15) is 0 Å². The Kier molecular flexibility index (Phi) is 3.19. The molecule has 3 aromatic rings. The number of nitrogens with zero attached hydrogens (tertiary/aromatic N) is 5. The molecule has 0 bridgehead atoms. The Labute approximate surface area is 134 Å². The van der Waals surface area contributed by atoms with Crippen LogP contribution in [-0.4, -0.2) is 34.6 Å². The Morgan fingerprint density at radius 2 is 1.87 bits per heavy atom. The molecule has 0 saturated carbocycles. The lowest BCUT2D eigenvalue weighted by atomic mass is 9.99. The Bertz CT molecular complexity index is 877. The minimum absolute atomic E-state index is 0.524. The van der Waals surface area contributed by atoms with Crippen LogP contribution in [0.15, 0.2) is 59.9 Å². The molecule has 0 unspecified atom stereocenters. The second-order valence-corrected chi connectivity index (χ2v) is 5.74. The van der Waals surface area contributed by atoms with E-state index in [1.165, 1.54) is 0 Å². The number of fused-ring (bicyclic) bond motifs is 3. The van der Waals surface area contributed by atoms with E-state index >= 15 is 0 Å². The highest BCUT2D eigenvalue weighted by atomic mass is 15.3. The maximum absolute atomic E-state index is 4.82. The molecule has 2 heterocycles. The van der Waals surface area contributed by atoms with Crippen molar-refractivity contribution < 1.29 is 0 Å². The Balaban J connectivity index is 1.97. The molecule has 0 N–H and O–H groups in total. The van der Waals surface area contributed by atoms with Crippen molar-refractivity contribution in [3.63, 3.8) is 0 Å². The number of hydrogen-bond donors (Lipinski definition) is 0. The van der Waals surface area contributed by atoms with Crippen LogP contribution in [0.25, 0.3) is 5.69 Å². The minimum atomic E-state index is 0.524. The number of benzene rings is 2. The summed E-state index contributed by atoms with van der Waals surface area (Å²) in [5, 5.41) is 8.23. The smallest absolute Gasteiger partial charge is 0.159 e. The summed E-state index contributed by atoms with van der Waals surface area (Å²) in [6.07, 6.45) is 1.76. The van der Waals surface area contributed by atoms with Crippen molar-refractivity contribution in [2.75, 3.05) is 19.0 Å².